The number of fused-ring (bicyclic) bond motifs is 1. The number of carbonyl (C=O) groups excluding carboxylic acids is 1. The SMILES string of the molecule is Cc1cc(Cl)c(CN2CSC[C@H]2C(=O)N2CCN(C3CC3)c3ccccc32)cc1Cl. The van der Waals surface area contributed by atoms with Gasteiger partial charge < -0.3 is 9.80 Å². The average molecular weight is 462 g/mol. The van der Waals surface area contributed by atoms with Crippen molar-refractivity contribution < 1.29 is 4.79 Å². The summed E-state index contributed by atoms with van der Waals surface area (Å²) in [6.07, 6.45) is 2.52. The third-order valence-corrected chi connectivity index (χ3v) is 8.08. The van der Waals surface area contributed by atoms with Gasteiger partial charge in [-0.2, -0.15) is 0 Å². The van der Waals surface area contributed by atoms with Crippen LogP contribution in [0.25, 0.3) is 0 Å². The molecule has 2 fully saturated rings. The Morgan fingerprint density at radius 1 is 1.10 bits per heavy atom. The summed E-state index contributed by atoms with van der Waals surface area (Å²) in [5, 5.41) is 1.43. The van der Waals surface area contributed by atoms with Crippen LogP contribution in [0.5, 0.6) is 0 Å². The second-order valence-corrected chi connectivity index (χ2v) is 10.2. The lowest BCUT2D eigenvalue weighted by Crippen LogP contribution is -2.52. The van der Waals surface area contributed by atoms with E-state index >= 15 is 0 Å². The van der Waals surface area contributed by atoms with E-state index in [2.05, 4.69) is 28.0 Å². The topological polar surface area (TPSA) is 26.8 Å². The number of para-hydroxylation sites is 2. The van der Waals surface area contributed by atoms with Gasteiger partial charge >= 0.3 is 0 Å². The molecule has 0 radical (unpaired) electrons. The van der Waals surface area contributed by atoms with Gasteiger partial charge in [0.15, 0.2) is 0 Å². The second-order valence-electron chi connectivity index (χ2n) is 8.36. The molecule has 0 N–H and O–H groups in total. The van der Waals surface area contributed by atoms with Crippen LogP contribution in [0.3, 0.4) is 0 Å². The van der Waals surface area contributed by atoms with Crippen molar-refractivity contribution in [3.8, 4) is 0 Å². The smallest absolute Gasteiger partial charge is 0.245 e. The van der Waals surface area contributed by atoms with Crippen molar-refractivity contribution in [2.24, 2.45) is 0 Å². The molecule has 158 valence electrons. The first kappa shape index (κ1) is 20.5. The Bertz CT molecular complexity index is 981. The van der Waals surface area contributed by atoms with Crippen molar-refractivity contribution in [2.75, 3.05) is 34.5 Å². The van der Waals surface area contributed by atoms with E-state index in [0.29, 0.717) is 22.6 Å². The largest absolute Gasteiger partial charge is 0.365 e. The molecule has 3 aliphatic rings. The number of rotatable bonds is 4. The van der Waals surface area contributed by atoms with Gasteiger partial charge in [-0.1, -0.05) is 35.3 Å². The van der Waals surface area contributed by atoms with E-state index in [1.54, 1.807) is 11.8 Å². The fourth-order valence-corrected chi connectivity index (χ4v) is 6.10. The van der Waals surface area contributed by atoms with Crippen LogP contribution in [0.2, 0.25) is 10.0 Å². The normalized spacial score (nSPS) is 21.8. The molecule has 0 spiro atoms. The molecule has 2 aromatic carbocycles. The van der Waals surface area contributed by atoms with Gasteiger partial charge in [-0.25, -0.2) is 0 Å². The molecule has 1 saturated heterocycles. The quantitative estimate of drug-likeness (QED) is 0.625. The second kappa shape index (κ2) is 8.27. The van der Waals surface area contributed by atoms with Crippen LogP contribution >= 0.6 is 35.0 Å². The predicted molar refractivity (Wildman–Crippen MR) is 127 cm³/mol. The lowest BCUT2D eigenvalue weighted by molar-refractivity contribution is -0.122. The maximum absolute atomic E-state index is 13.7. The molecule has 1 amide bonds. The molecule has 2 aliphatic heterocycles. The Labute approximate surface area is 192 Å². The van der Waals surface area contributed by atoms with Gasteiger partial charge in [0.25, 0.3) is 0 Å². The van der Waals surface area contributed by atoms with E-state index in [1.165, 1.54) is 18.5 Å². The summed E-state index contributed by atoms with van der Waals surface area (Å²) < 4.78 is 0. The molecule has 5 rings (SSSR count). The number of thioether (sulfide) groups is 1. The lowest BCUT2D eigenvalue weighted by atomic mass is 10.1. The fourth-order valence-electron chi connectivity index (χ4n) is 4.45. The average Bonchev–Trinajstić information content (AvgIpc) is 3.49. The standard InChI is InChI=1S/C23H25Cl2N3OS/c1-15-10-19(25)16(11-18(15)24)12-26-14-30-13-22(26)23(29)28-9-8-27(17-6-7-17)20-4-2-3-5-21(20)28/h2-5,10-11,17,22H,6-9,12-14H2,1H3/t22-/m0/s1. The zero-order valence-corrected chi connectivity index (χ0v) is 19.3. The molecule has 1 atom stereocenters. The number of nitrogens with zero attached hydrogens (tertiary/aromatic N) is 3. The Morgan fingerprint density at radius 3 is 2.63 bits per heavy atom. The minimum atomic E-state index is -0.147. The molecular formula is C23H25Cl2N3OS. The first-order valence-corrected chi connectivity index (χ1v) is 12.4. The number of anilines is 2. The molecule has 2 heterocycles. The molecule has 7 heteroatoms. The molecular weight excluding hydrogens is 437 g/mol. The maximum atomic E-state index is 13.7. The first-order valence-electron chi connectivity index (χ1n) is 10.5. The number of halogens is 2. The van der Waals surface area contributed by atoms with E-state index in [4.69, 9.17) is 23.2 Å². The van der Waals surface area contributed by atoms with Crippen molar-refractivity contribution in [3.63, 3.8) is 0 Å². The zero-order chi connectivity index (χ0) is 20.8. The van der Waals surface area contributed by atoms with Crippen molar-refractivity contribution in [1.29, 1.82) is 0 Å². The van der Waals surface area contributed by atoms with Crippen LogP contribution in [0, 0.1) is 6.92 Å². The Hall–Kier alpha value is -1.40. The van der Waals surface area contributed by atoms with Gasteiger partial charge in [0.05, 0.1) is 17.4 Å². The Kier molecular flexibility index (Phi) is 5.65. The Morgan fingerprint density at radius 2 is 1.87 bits per heavy atom. The summed E-state index contributed by atoms with van der Waals surface area (Å²) in [6, 6.07) is 12.7. The minimum absolute atomic E-state index is 0.147. The molecule has 4 nitrogen and oxygen atoms in total. The molecule has 1 aliphatic carbocycles. The van der Waals surface area contributed by atoms with E-state index in [-0.39, 0.29) is 11.9 Å². The third-order valence-electron chi connectivity index (χ3n) is 6.26. The van der Waals surface area contributed by atoms with Crippen LogP contribution in [0.15, 0.2) is 36.4 Å². The van der Waals surface area contributed by atoms with Gasteiger partial charge in [-0.3, -0.25) is 9.69 Å². The molecule has 0 aromatic heterocycles. The predicted octanol–water partition coefficient (Wildman–Crippen LogP) is 5.19. The summed E-state index contributed by atoms with van der Waals surface area (Å²) in [6.45, 7) is 4.24. The number of amides is 1. The van der Waals surface area contributed by atoms with Crippen molar-refractivity contribution in [2.45, 2.75) is 38.4 Å². The molecule has 2 aromatic rings. The van der Waals surface area contributed by atoms with Crippen LogP contribution in [-0.2, 0) is 11.3 Å². The number of aryl methyl sites for hydroxylation is 1. The third kappa shape index (κ3) is 3.81. The summed E-state index contributed by atoms with van der Waals surface area (Å²) in [5.41, 5.74) is 4.20. The van der Waals surface area contributed by atoms with Crippen LogP contribution < -0.4 is 9.80 Å². The minimum Gasteiger partial charge on any atom is -0.365 e. The molecule has 0 bridgehead atoms. The Balaban J connectivity index is 1.38. The van der Waals surface area contributed by atoms with Crippen molar-refractivity contribution >= 4 is 52.2 Å². The molecule has 30 heavy (non-hydrogen) atoms. The van der Waals surface area contributed by atoms with Crippen molar-refractivity contribution in [1.82, 2.24) is 4.90 Å². The van der Waals surface area contributed by atoms with E-state index in [1.807, 2.05) is 30.0 Å². The van der Waals surface area contributed by atoms with Crippen LogP contribution in [0.4, 0.5) is 11.4 Å². The number of hydrogen-bond donors (Lipinski definition) is 0. The highest BCUT2D eigenvalue weighted by molar-refractivity contribution is 7.99. The van der Waals surface area contributed by atoms with E-state index in [0.717, 1.165) is 41.5 Å². The van der Waals surface area contributed by atoms with E-state index in [9.17, 15) is 4.79 Å². The zero-order valence-electron chi connectivity index (χ0n) is 17.0. The van der Waals surface area contributed by atoms with Crippen LogP contribution in [-0.4, -0.2) is 47.6 Å². The highest BCUT2D eigenvalue weighted by Gasteiger charge is 2.39. The van der Waals surface area contributed by atoms with Crippen LogP contribution in [0.1, 0.15) is 24.0 Å². The van der Waals surface area contributed by atoms with Gasteiger partial charge in [0, 0.05) is 47.4 Å². The number of benzene rings is 2. The highest BCUT2D eigenvalue weighted by atomic mass is 35.5. The van der Waals surface area contributed by atoms with Gasteiger partial charge in [-0.15, -0.1) is 11.8 Å². The van der Waals surface area contributed by atoms with Crippen molar-refractivity contribution in [3.05, 3.63) is 57.6 Å². The highest BCUT2D eigenvalue weighted by Crippen LogP contribution is 2.40. The fraction of sp³-hybridized carbons (Fsp3) is 0.435. The maximum Gasteiger partial charge on any atom is 0.245 e. The summed E-state index contributed by atoms with van der Waals surface area (Å²) in [7, 11) is 0. The van der Waals surface area contributed by atoms with Gasteiger partial charge in [-0.05, 0) is 55.2 Å². The van der Waals surface area contributed by atoms with Gasteiger partial charge in [0.1, 0.15) is 0 Å². The lowest BCUT2D eigenvalue weighted by Gasteiger charge is -2.39. The number of carbonyl (C=O) groups is 1. The summed E-state index contributed by atoms with van der Waals surface area (Å²) in [4.78, 5) is 20.4. The molecule has 0 unspecified atom stereocenters. The monoisotopic (exact) mass is 461 g/mol. The number of hydrogen-bond acceptors (Lipinski definition) is 4. The molecule has 1 saturated carbocycles. The van der Waals surface area contributed by atoms with E-state index < -0.39 is 0 Å². The summed E-state index contributed by atoms with van der Waals surface area (Å²) >= 11 is 14.6. The summed E-state index contributed by atoms with van der Waals surface area (Å²) in [5.74, 6) is 1.82. The van der Waals surface area contributed by atoms with Gasteiger partial charge in [0.2, 0.25) is 5.91 Å². The first-order chi connectivity index (χ1) is 14.5.